The minimum absolute atomic E-state index is 0.0418. The summed E-state index contributed by atoms with van der Waals surface area (Å²) in [5, 5.41) is 11.2. The van der Waals surface area contributed by atoms with Crippen molar-refractivity contribution >= 4 is 17.4 Å². The molecule has 2 heterocycles. The first-order valence-corrected chi connectivity index (χ1v) is 7.18. The van der Waals surface area contributed by atoms with Crippen molar-refractivity contribution in [3.8, 4) is 0 Å². The maximum atomic E-state index is 12.1. The topological polar surface area (TPSA) is 81.8 Å². The summed E-state index contributed by atoms with van der Waals surface area (Å²) in [7, 11) is 0. The van der Waals surface area contributed by atoms with E-state index in [0.717, 1.165) is 0 Å². The fourth-order valence-electron chi connectivity index (χ4n) is 2.38. The van der Waals surface area contributed by atoms with E-state index >= 15 is 0 Å². The van der Waals surface area contributed by atoms with Crippen LogP contribution in [0, 0.1) is 13.8 Å². The second-order valence-corrected chi connectivity index (χ2v) is 5.61. The number of Topliss-reactive ketones (excluding diaryl/α,β-unsaturated/α-hetero) is 1. The maximum absolute atomic E-state index is 12.1. The van der Waals surface area contributed by atoms with E-state index in [1.807, 2.05) is 13.8 Å². The number of anilines is 1. The minimum Gasteiger partial charge on any atom is -0.322 e. The van der Waals surface area contributed by atoms with E-state index in [0.29, 0.717) is 22.6 Å². The molecule has 0 spiro atoms. The zero-order valence-corrected chi connectivity index (χ0v) is 13.5. The van der Waals surface area contributed by atoms with Gasteiger partial charge in [0.15, 0.2) is 5.78 Å². The van der Waals surface area contributed by atoms with Crippen LogP contribution in [-0.2, 0) is 11.3 Å². The lowest BCUT2D eigenvalue weighted by Gasteiger charge is -2.06. The van der Waals surface area contributed by atoms with Crippen molar-refractivity contribution in [2.24, 2.45) is 0 Å². The molecule has 0 bridgehead atoms. The molecule has 0 radical (unpaired) electrons. The summed E-state index contributed by atoms with van der Waals surface area (Å²) in [5.74, 6) is -0.246. The third-order valence-electron chi connectivity index (χ3n) is 3.44. The van der Waals surface area contributed by atoms with E-state index in [4.69, 9.17) is 0 Å². The first-order valence-electron chi connectivity index (χ1n) is 7.18. The Kier molecular flexibility index (Phi) is 4.44. The zero-order chi connectivity index (χ0) is 16.4. The Labute approximate surface area is 129 Å². The molecule has 7 nitrogen and oxygen atoms in total. The fraction of sp³-hybridized carbons (Fsp3) is 0.467. The molecule has 2 rings (SSSR count). The van der Waals surface area contributed by atoms with Crippen LogP contribution in [0.5, 0.6) is 0 Å². The number of aromatic nitrogens is 4. The van der Waals surface area contributed by atoms with Gasteiger partial charge in [0.05, 0.1) is 23.1 Å². The molecule has 2 aromatic heterocycles. The third kappa shape index (κ3) is 3.24. The summed E-state index contributed by atoms with van der Waals surface area (Å²) >= 11 is 0. The molecule has 118 valence electrons. The molecule has 0 aliphatic heterocycles. The average Bonchev–Trinajstić information content (AvgIpc) is 2.95. The standard InChI is InChI=1S/C15H21N5O2/c1-9(2)19-7-13(6-16-19)17-14(22)8-20-11(4)15(12(5)21)10(3)18-20/h6-7,9H,8H2,1-5H3,(H,17,22). The Morgan fingerprint density at radius 2 is 2.00 bits per heavy atom. The van der Waals surface area contributed by atoms with E-state index in [-0.39, 0.29) is 24.3 Å². The highest BCUT2D eigenvalue weighted by atomic mass is 16.2. The second kappa shape index (κ2) is 6.13. The van der Waals surface area contributed by atoms with Gasteiger partial charge in [0, 0.05) is 17.9 Å². The largest absolute Gasteiger partial charge is 0.322 e. The van der Waals surface area contributed by atoms with Crippen molar-refractivity contribution in [1.82, 2.24) is 19.6 Å². The van der Waals surface area contributed by atoms with Crippen molar-refractivity contribution in [2.45, 2.75) is 47.2 Å². The molecule has 7 heteroatoms. The normalized spacial score (nSPS) is 11.0. The van der Waals surface area contributed by atoms with Gasteiger partial charge in [-0.3, -0.25) is 19.0 Å². The number of rotatable bonds is 5. The van der Waals surface area contributed by atoms with E-state index in [1.165, 1.54) is 6.92 Å². The summed E-state index contributed by atoms with van der Waals surface area (Å²) in [6.45, 7) is 9.15. The smallest absolute Gasteiger partial charge is 0.246 e. The summed E-state index contributed by atoms with van der Waals surface area (Å²) in [6, 6.07) is 0.236. The Morgan fingerprint density at radius 1 is 1.32 bits per heavy atom. The summed E-state index contributed by atoms with van der Waals surface area (Å²) in [4.78, 5) is 23.7. The number of aryl methyl sites for hydroxylation is 1. The molecule has 0 aromatic carbocycles. The Bertz CT molecular complexity index is 712. The molecule has 0 fully saturated rings. The van der Waals surface area contributed by atoms with Crippen molar-refractivity contribution in [3.05, 3.63) is 29.3 Å². The van der Waals surface area contributed by atoms with Crippen LogP contribution in [0.1, 0.15) is 48.6 Å². The van der Waals surface area contributed by atoms with Gasteiger partial charge in [0.2, 0.25) is 5.91 Å². The quantitative estimate of drug-likeness (QED) is 0.858. The van der Waals surface area contributed by atoms with E-state index in [1.54, 1.807) is 35.6 Å². The first-order chi connectivity index (χ1) is 10.3. The van der Waals surface area contributed by atoms with Crippen LogP contribution in [0.4, 0.5) is 5.69 Å². The van der Waals surface area contributed by atoms with Crippen LogP contribution in [0.2, 0.25) is 0 Å². The molecule has 22 heavy (non-hydrogen) atoms. The second-order valence-electron chi connectivity index (χ2n) is 5.61. The van der Waals surface area contributed by atoms with Gasteiger partial charge in [-0.15, -0.1) is 0 Å². The third-order valence-corrected chi connectivity index (χ3v) is 3.44. The SMILES string of the molecule is CC(=O)c1c(C)nn(CC(=O)Nc2cnn(C(C)C)c2)c1C. The summed E-state index contributed by atoms with van der Waals surface area (Å²) in [5.41, 5.74) is 2.58. The van der Waals surface area contributed by atoms with Gasteiger partial charge in [-0.2, -0.15) is 10.2 Å². The number of hydrogen-bond donors (Lipinski definition) is 1. The number of ketones is 1. The predicted molar refractivity (Wildman–Crippen MR) is 82.9 cm³/mol. The number of amides is 1. The average molecular weight is 303 g/mol. The number of carbonyl (C=O) groups is 2. The predicted octanol–water partition coefficient (Wildman–Crippen LogP) is 2.12. The molecule has 0 saturated carbocycles. The van der Waals surface area contributed by atoms with Crippen LogP contribution < -0.4 is 5.32 Å². The Hall–Kier alpha value is -2.44. The highest BCUT2D eigenvalue weighted by Gasteiger charge is 2.17. The van der Waals surface area contributed by atoms with Gasteiger partial charge in [0.1, 0.15) is 6.54 Å². The maximum Gasteiger partial charge on any atom is 0.246 e. The van der Waals surface area contributed by atoms with Crippen LogP contribution in [-0.4, -0.2) is 31.3 Å². The molecule has 0 saturated heterocycles. The molecule has 0 atom stereocenters. The zero-order valence-electron chi connectivity index (χ0n) is 13.5. The summed E-state index contributed by atoms with van der Waals surface area (Å²) in [6.07, 6.45) is 3.39. The highest BCUT2D eigenvalue weighted by molar-refractivity contribution is 5.96. The monoisotopic (exact) mass is 303 g/mol. The van der Waals surface area contributed by atoms with E-state index in [2.05, 4.69) is 15.5 Å². The molecule has 1 N–H and O–H groups in total. The van der Waals surface area contributed by atoms with Gasteiger partial charge in [0.25, 0.3) is 0 Å². The van der Waals surface area contributed by atoms with Crippen LogP contribution in [0.25, 0.3) is 0 Å². The Balaban J connectivity index is 2.09. The number of hydrogen-bond acceptors (Lipinski definition) is 4. The van der Waals surface area contributed by atoms with E-state index in [9.17, 15) is 9.59 Å². The molecular weight excluding hydrogens is 282 g/mol. The fourth-order valence-corrected chi connectivity index (χ4v) is 2.38. The molecule has 0 aliphatic rings. The lowest BCUT2D eigenvalue weighted by Crippen LogP contribution is -2.20. The molecule has 1 amide bonds. The van der Waals surface area contributed by atoms with Crippen molar-refractivity contribution in [3.63, 3.8) is 0 Å². The molecule has 0 unspecified atom stereocenters. The Morgan fingerprint density at radius 3 is 2.50 bits per heavy atom. The van der Waals surface area contributed by atoms with Crippen molar-refractivity contribution in [2.75, 3.05) is 5.32 Å². The highest BCUT2D eigenvalue weighted by Crippen LogP contribution is 2.14. The van der Waals surface area contributed by atoms with Crippen LogP contribution in [0.15, 0.2) is 12.4 Å². The van der Waals surface area contributed by atoms with Crippen LogP contribution >= 0.6 is 0 Å². The van der Waals surface area contributed by atoms with E-state index < -0.39 is 0 Å². The van der Waals surface area contributed by atoms with Gasteiger partial charge < -0.3 is 5.32 Å². The minimum atomic E-state index is -0.205. The number of nitrogens with one attached hydrogen (secondary N) is 1. The van der Waals surface area contributed by atoms with Gasteiger partial charge in [-0.05, 0) is 34.6 Å². The van der Waals surface area contributed by atoms with Crippen molar-refractivity contribution in [1.29, 1.82) is 0 Å². The summed E-state index contributed by atoms with van der Waals surface area (Å²) < 4.78 is 3.32. The lowest BCUT2D eigenvalue weighted by atomic mass is 10.1. The number of carbonyl (C=O) groups excluding carboxylic acids is 2. The first kappa shape index (κ1) is 15.9. The van der Waals surface area contributed by atoms with Crippen molar-refractivity contribution < 1.29 is 9.59 Å². The molecular formula is C15H21N5O2. The van der Waals surface area contributed by atoms with Gasteiger partial charge in [-0.25, -0.2) is 0 Å². The molecule has 2 aromatic rings. The van der Waals surface area contributed by atoms with Gasteiger partial charge >= 0.3 is 0 Å². The number of nitrogens with zero attached hydrogens (tertiary/aromatic N) is 4. The van der Waals surface area contributed by atoms with Gasteiger partial charge in [-0.1, -0.05) is 0 Å². The molecule has 0 aliphatic carbocycles. The van der Waals surface area contributed by atoms with Crippen LogP contribution in [0.3, 0.4) is 0 Å². The lowest BCUT2D eigenvalue weighted by molar-refractivity contribution is -0.116.